The van der Waals surface area contributed by atoms with Crippen molar-refractivity contribution in [3.63, 3.8) is 0 Å². The molecule has 2 saturated carbocycles. The largest absolute Gasteiger partial charge is 0.497 e. The molecule has 5 unspecified atom stereocenters. The van der Waals surface area contributed by atoms with E-state index in [4.69, 9.17) is 17.0 Å². The molecule has 2 aliphatic carbocycles. The third kappa shape index (κ3) is 2.16. The summed E-state index contributed by atoms with van der Waals surface area (Å²) in [6.45, 7) is 0. The van der Waals surface area contributed by atoms with Crippen molar-refractivity contribution in [3.8, 4) is 5.75 Å². The van der Waals surface area contributed by atoms with E-state index >= 15 is 0 Å². The van der Waals surface area contributed by atoms with Gasteiger partial charge in [-0.2, -0.15) is 0 Å². The van der Waals surface area contributed by atoms with E-state index in [1.807, 2.05) is 0 Å². The lowest BCUT2D eigenvalue weighted by Gasteiger charge is -2.40. The molecular formula is C18H19NOS3. The predicted octanol–water partition coefficient (Wildman–Crippen LogP) is 5.47. The fourth-order valence-corrected chi connectivity index (χ4v) is 8.37. The average Bonchev–Trinajstić information content (AvgIpc) is 3.26. The number of aromatic amines is 1. The number of thiazole rings is 1. The molecule has 23 heavy (non-hydrogen) atoms. The molecule has 5 atom stereocenters. The molecule has 0 spiro atoms. The van der Waals surface area contributed by atoms with Crippen molar-refractivity contribution in [1.29, 1.82) is 0 Å². The lowest BCUT2D eigenvalue weighted by Crippen LogP contribution is -2.33. The highest BCUT2D eigenvalue weighted by Gasteiger charge is 2.54. The molecule has 1 aromatic carbocycles. The minimum atomic E-state index is 0.510. The standard InChI is InChI=1S/C18H19NOS3/c1-20-12-6-4-9(5-7-12)13-14-10-2-3-11(8-10)15(14)22-17-16(13)23-18(21)19-17/h4-7,10-11,13-15H,2-3,8H2,1H3,(H,19,21). The summed E-state index contributed by atoms with van der Waals surface area (Å²) < 4.78 is 6.27. The number of H-pyrrole nitrogens is 1. The minimum Gasteiger partial charge on any atom is -0.497 e. The Kier molecular flexibility index (Phi) is 3.39. The maximum absolute atomic E-state index is 5.46. The molecule has 2 aromatic rings. The van der Waals surface area contributed by atoms with Crippen LogP contribution in [-0.2, 0) is 0 Å². The smallest absolute Gasteiger partial charge is 0.159 e. The maximum atomic E-state index is 5.46. The minimum absolute atomic E-state index is 0.510. The van der Waals surface area contributed by atoms with E-state index in [-0.39, 0.29) is 0 Å². The van der Waals surface area contributed by atoms with Crippen LogP contribution in [0.25, 0.3) is 0 Å². The molecule has 1 N–H and O–H groups in total. The zero-order chi connectivity index (χ0) is 15.6. The fraction of sp³-hybridized carbons (Fsp3) is 0.500. The molecule has 120 valence electrons. The third-order valence-corrected chi connectivity index (χ3v) is 8.92. The zero-order valence-electron chi connectivity index (χ0n) is 13.0. The van der Waals surface area contributed by atoms with Crippen molar-refractivity contribution >= 4 is 35.3 Å². The van der Waals surface area contributed by atoms with E-state index in [9.17, 15) is 0 Å². The van der Waals surface area contributed by atoms with E-state index in [1.54, 1.807) is 18.4 Å². The quantitative estimate of drug-likeness (QED) is 0.718. The van der Waals surface area contributed by atoms with Gasteiger partial charge >= 0.3 is 0 Å². The summed E-state index contributed by atoms with van der Waals surface area (Å²) >= 11 is 9.33. The molecule has 2 bridgehead atoms. The molecule has 2 nitrogen and oxygen atoms in total. The Morgan fingerprint density at radius 3 is 2.74 bits per heavy atom. The van der Waals surface area contributed by atoms with Crippen LogP contribution in [0.5, 0.6) is 5.75 Å². The Labute approximate surface area is 149 Å². The second kappa shape index (κ2) is 5.36. The van der Waals surface area contributed by atoms with Gasteiger partial charge in [0.15, 0.2) is 3.95 Å². The van der Waals surface area contributed by atoms with Crippen molar-refractivity contribution in [2.45, 2.75) is 35.5 Å². The van der Waals surface area contributed by atoms with Gasteiger partial charge in [-0.25, -0.2) is 0 Å². The lowest BCUT2D eigenvalue weighted by molar-refractivity contribution is 0.307. The van der Waals surface area contributed by atoms with Crippen molar-refractivity contribution in [1.82, 2.24) is 4.98 Å². The molecule has 5 rings (SSSR count). The van der Waals surface area contributed by atoms with E-state index in [2.05, 4.69) is 41.0 Å². The first kappa shape index (κ1) is 14.6. The van der Waals surface area contributed by atoms with Crippen molar-refractivity contribution in [2.24, 2.45) is 17.8 Å². The maximum Gasteiger partial charge on any atom is 0.159 e. The van der Waals surface area contributed by atoms with Gasteiger partial charge < -0.3 is 9.72 Å². The number of rotatable bonds is 2. The van der Waals surface area contributed by atoms with Gasteiger partial charge in [-0.05, 0) is 66.9 Å². The second-order valence-electron chi connectivity index (χ2n) is 6.95. The van der Waals surface area contributed by atoms with Crippen molar-refractivity contribution < 1.29 is 4.74 Å². The van der Waals surface area contributed by atoms with Crippen LogP contribution in [0.2, 0.25) is 0 Å². The molecule has 3 aliphatic rings. The Morgan fingerprint density at radius 2 is 1.96 bits per heavy atom. The summed E-state index contributed by atoms with van der Waals surface area (Å²) in [5.74, 6) is 4.03. The van der Waals surface area contributed by atoms with Crippen LogP contribution < -0.4 is 4.74 Å². The zero-order valence-corrected chi connectivity index (χ0v) is 15.4. The molecule has 0 amide bonds. The monoisotopic (exact) mass is 361 g/mol. The van der Waals surface area contributed by atoms with E-state index in [0.29, 0.717) is 5.92 Å². The van der Waals surface area contributed by atoms with Gasteiger partial charge in [0, 0.05) is 16.0 Å². The van der Waals surface area contributed by atoms with Crippen LogP contribution in [0.3, 0.4) is 0 Å². The highest BCUT2D eigenvalue weighted by molar-refractivity contribution is 8.00. The summed E-state index contributed by atoms with van der Waals surface area (Å²) in [7, 11) is 1.73. The topological polar surface area (TPSA) is 25.0 Å². The van der Waals surface area contributed by atoms with Crippen molar-refractivity contribution in [2.75, 3.05) is 7.11 Å². The number of hydrogen-bond acceptors (Lipinski definition) is 4. The average molecular weight is 362 g/mol. The molecular weight excluding hydrogens is 342 g/mol. The van der Waals surface area contributed by atoms with Crippen LogP contribution in [0.15, 0.2) is 29.3 Å². The first-order valence-electron chi connectivity index (χ1n) is 8.28. The highest BCUT2D eigenvalue weighted by atomic mass is 32.2. The third-order valence-electron chi connectivity index (χ3n) is 5.94. The summed E-state index contributed by atoms with van der Waals surface area (Å²) in [4.78, 5) is 4.93. The van der Waals surface area contributed by atoms with Crippen LogP contribution in [-0.4, -0.2) is 17.3 Å². The Balaban J connectivity index is 1.64. The molecule has 5 heteroatoms. The molecule has 2 heterocycles. The molecule has 1 aromatic heterocycles. The number of benzene rings is 1. The summed E-state index contributed by atoms with van der Waals surface area (Å²) in [6, 6.07) is 8.72. The Bertz CT molecular complexity index is 793. The summed E-state index contributed by atoms with van der Waals surface area (Å²) in [6.07, 6.45) is 4.28. The summed E-state index contributed by atoms with van der Waals surface area (Å²) in [5.41, 5.74) is 1.43. The van der Waals surface area contributed by atoms with Gasteiger partial charge in [-0.3, -0.25) is 0 Å². The van der Waals surface area contributed by atoms with Crippen LogP contribution in [0.4, 0.5) is 0 Å². The lowest BCUT2D eigenvalue weighted by atomic mass is 9.75. The number of aromatic nitrogens is 1. The van der Waals surface area contributed by atoms with Crippen LogP contribution in [0, 0.1) is 21.7 Å². The molecule has 0 saturated heterocycles. The summed E-state index contributed by atoms with van der Waals surface area (Å²) in [5, 5.41) is 2.11. The predicted molar refractivity (Wildman–Crippen MR) is 98.3 cm³/mol. The number of methoxy groups -OCH3 is 1. The van der Waals surface area contributed by atoms with Gasteiger partial charge in [0.2, 0.25) is 0 Å². The number of nitrogens with one attached hydrogen (secondary N) is 1. The first-order chi connectivity index (χ1) is 11.2. The number of hydrogen-bond donors (Lipinski definition) is 1. The number of ether oxygens (including phenoxy) is 1. The number of thioether (sulfide) groups is 1. The van der Waals surface area contributed by atoms with Gasteiger partial charge in [0.05, 0.1) is 12.1 Å². The first-order valence-corrected chi connectivity index (χ1v) is 10.4. The SMILES string of the molecule is COc1ccc(C2c3sc(=S)[nH]c3SC3C4CCC(C4)C23)cc1. The second-order valence-corrected chi connectivity index (χ2v) is 9.86. The molecule has 2 fully saturated rings. The molecule has 0 radical (unpaired) electrons. The van der Waals surface area contributed by atoms with Crippen LogP contribution in [0.1, 0.15) is 35.6 Å². The van der Waals surface area contributed by atoms with E-state index < -0.39 is 0 Å². The van der Waals surface area contributed by atoms with E-state index in [1.165, 1.54) is 34.7 Å². The van der Waals surface area contributed by atoms with Gasteiger partial charge in [0.25, 0.3) is 0 Å². The number of fused-ring (bicyclic) bond motifs is 6. The Morgan fingerprint density at radius 1 is 1.17 bits per heavy atom. The van der Waals surface area contributed by atoms with Gasteiger partial charge in [-0.1, -0.05) is 12.1 Å². The Hall–Kier alpha value is -0.780. The van der Waals surface area contributed by atoms with Gasteiger partial charge in [-0.15, -0.1) is 23.1 Å². The fourth-order valence-electron chi connectivity index (χ4n) is 5.03. The van der Waals surface area contributed by atoms with E-state index in [0.717, 1.165) is 32.7 Å². The highest BCUT2D eigenvalue weighted by Crippen LogP contribution is 2.64. The van der Waals surface area contributed by atoms with Crippen LogP contribution >= 0.6 is 35.3 Å². The van der Waals surface area contributed by atoms with Gasteiger partial charge in [0.1, 0.15) is 5.75 Å². The van der Waals surface area contributed by atoms with Crippen molar-refractivity contribution in [3.05, 3.63) is 38.7 Å². The normalized spacial score (nSPS) is 34.2. The molecule has 1 aliphatic heterocycles.